The van der Waals surface area contributed by atoms with E-state index in [-0.39, 0.29) is 41.2 Å². The van der Waals surface area contributed by atoms with Gasteiger partial charge in [-0.2, -0.15) is 5.10 Å². The van der Waals surface area contributed by atoms with Crippen molar-refractivity contribution in [3.63, 3.8) is 0 Å². The molecule has 1 aliphatic carbocycles. The van der Waals surface area contributed by atoms with Crippen LogP contribution in [0.25, 0.3) is 11.3 Å². The molecule has 2 saturated heterocycles. The van der Waals surface area contributed by atoms with Gasteiger partial charge in [0, 0.05) is 83.1 Å². The fraction of sp³-hybridized carbons (Fsp3) is 0.440. The van der Waals surface area contributed by atoms with E-state index in [1.165, 1.54) is 30.0 Å². The number of imide groups is 2. The lowest BCUT2D eigenvalue weighted by Gasteiger charge is -2.34. The molecule has 0 radical (unpaired) electrons. The number of carbonyl (C=O) groups excluding carboxylic acids is 5. The van der Waals surface area contributed by atoms with Gasteiger partial charge in [0.25, 0.3) is 24.1 Å². The van der Waals surface area contributed by atoms with Gasteiger partial charge in [-0.3, -0.25) is 44.0 Å². The van der Waals surface area contributed by atoms with Crippen molar-refractivity contribution in [1.82, 2.24) is 45.4 Å². The molecule has 3 fully saturated rings. The zero-order valence-electron chi connectivity index (χ0n) is 40.2. The van der Waals surface area contributed by atoms with Crippen LogP contribution in [0.5, 0.6) is 0 Å². The molecule has 5 heterocycles. The molecule has 1 unspecified atom stereocenters. The molecule has 72 heavy (non-hydrogen) atoms. The second-order valence-corrected chi connectivity index (χ2v) is 17.8. The van der Waals surface area contributed by atoms with Crippen molar-refractivity contribution in [1.29, 1.82) is 0 Å². The second-order valence-electron chi connectivity index (χ2n) is 17.8. The number of aliphatic imine (C=N–C) groups is 1. The number of rotatable bonds is 26. The molecule has 1 saturated carbocycles. The van der Waals surface area contributed by atoms with E-state index in [9.17, 15) is 32.8 Å². The second kappa shape index (κ2) is 24.4. The third-order valence-electron chi connectivity index (χ3n) is 12.8. The first-order valence-corrected chi connectivity index (χ1v) is 24.2. The van der Waals surface area contributed by atoms with Crippen LogP contribution in [0.2, 0.25) is 0 Å². The van der Waals surface area contributed by atoms with Gasteiger partial charge in [0.1, 0.15) is 18.1 Å². The molecule has 1 atom stereocenters. The number of amides is 5. The maximum atomic E-state index is 14.1. The Balaban J connectivity index is 0.678. The molecule has 0 bridgehead atoms. The Bertz CT molecular complexity index is 2660. The molecule has 3 aliphatic heterocycles. The van der Waals surface area contributed by atoms with Gasteiger partial charge in [-0.25, -0.2) is 23.4 Å². The van der Waals surface area contributed by atoms with E-state index in [4.69, 9.17) is 13.9 Å². The summed E-state index contributed by atoms with van der Waals surface area (Å²) in [4.78, 5) is 77.6. The smallest absolute Gasteiger partial charge is 0.284 e. The topological polar surface area (TPSA) is 230 Å². The summed E-state index contributed by atoms with van der Waals surface area (Å²) in [7, 11) is 0. The highest BCUT2D eigenvalue weighted by Crippen LogP contribution is 2.33. The number of nitrogens with one attached hydrogen (secondary N) is 5. The molecule has 2 aromatic heterocycles. The van der Waals surface area contributed by atoms with Crippen molar-refractivity contribution < 1.29 is 46.6 Å². The summed E-state index contributed by atoms with van der Waals surface area (Å²) in [5.41, 5.74) is 2.21. The van der Waals surface area contributed by atoms with E-state index in [1.807, 2.05) is 12.1 Å². The first-order valence-electron chi connectivity index (χ1n) is 24.2. The number of halogens is 2. The summed E-state index contributed by atoms with van der Waals surface area (Å²) in [6.45, 7) is 15.2. The largest absolute Gasteiger partial charge is 0.444 e. The highest BCUT2D eigenvalue weighted by molar-refractivity contribution is 6.25. The van der Waals surface area contributed by atoms with Gasteiger partial charge in [0.15, 0.2) is 11.4 Å². The molecule has 5 N–H and O–H groups in total. The minimum atomic E-state index is -2.95. The fourth-order valence-corrected chi connectivity index (χ4v) is 8.50. The Morgan fingerprint density at radius 3 is 2.33 bits per heavy atom. The van der Waals surface area contributed by atoms with Crippen LogP contribution in [-0.2, 0) is 25.6 Å². The normalized spacial score (nSPS) is 17.9. The number of carbonyl (C=O) groups is 5. The van der Waals surface area contributed by atoms with E-state index in [1.54, 1.807) is 49.4 Å². The van der Waals surface area contributed by atoms with Gasteiger partial charge in [-0.05, 0) is 74.7 Å². The molecule has 4 aliphatic rings. The lowest BCUT2D eigenvalue weighted by Crippen LogP contribution is -2.54. The number of hydrogen-bond acceptors (Lipinski definition) is 16. The zero-order chi connectivity index (χ0) is 50.6. The maximum Gasteiger partial charge on any atom is 0.284 e. The van der Waals surface area contributed by atoms with Gasteiger partial charge in [-0.1, -0.05) is 24.3 Å². The van der Waals surface area contributed by atoms with Gasteiger partial charge in [-0.15, -0.1) is 0 Å². The highest BCUT2D eigenvalue weighted by atomic mass is 19.3. The van der Waals surface area contributed by atoms with Gasteiger partial charge in [0.05, 0.1) is 55.1 Å². The van der Waals surface area contributed by atoms with Crippen LogP contribution in [0.1, 0.15) is 87.4 Å². The Morgan fingerprint density at radius 2 is 1.67 bits per heavy atom. The summed E-state index contributed by atoms with van der Waals surface area (Å²) in [5, 5.41) is 18.6. The van der Waals surface area contributed by atoms with Crippen molar-refractivity contribution >= 4 is 53.2 Å². The monoisotopic (exact) mass is 994 g/mol. The van der Waals surface area contributed by atoms with Crippen LogP contribution >= 0.6 is 0 Å². The van der Waals surface area contributed by atoms with Crippen molar-refractivity contribution in [2.75, 3.05) is 96.0 Å². The third-order valence-corrected chi connectivity index (χ3v) is 12.8. The number of alkyl halides is 2. The van der Waals surface area contributed by atoms with Crippen molar-refractivity contribution in [2.45, 2.75) is 51.6 Å². The Morgan fingerprint density at radius 1 is 0.944 bits per heavy atom. The molecule has 382 valence electrons. The fourth-order valence-electron chi connectivity index (χ4n) is 8.50. The average molecular weight is 995 g/mol. The predicted molar refractivity (Wildman–Crippen MR) is 263 cm³/mol. The lowest BCUT2D eigenvalue weighted by molar-refractivity contribution is -0.136. The Labute approximate surface area is 415 Å². The van der Waals surface area contributed by atoms with Gasteiger partial charge in [0.2, 0.25) is 17.7 Å². The van der Waals surface area contributed by atoms with Crippen LogP contribution in [-0.4, -0.2) is 157 Å². The summed E-state index contributed by atoms with van der Waals surface area (Å²) in [5.74, 6) is -1.55. The summed E-state index contributed by atoms with van der Waals surface area (Å²) in [6.07, 6.45) is 5.55. The number of anilines is 2. The van der Waals surface area contributed by atoms with Crippen molar-refractivity contribution in [2.24, 2.45) is 10.9 Å². The Kier molecular flexibility index (Phi) is 17.4. The molecule has 4 aromatic rings. The highest BCUT2D eigenvalue weighted by Gasteiger charge is 2.45. The minimum absolute atomic E-state index is 0.0610. The summed E-state index contributed by atoms with van der Waals surface area (Å²) >= 11 is 0. The molecule has 5 amide bonds. The SMILES string of the molecule is C=N/C(=C\C(=C/C)c1nc(C(=O)Nc2cn(-c3ccc(CNCCOCCN4CCN(CCOCCNc5cccc6c5C(=O)N(C5CCC(=O)NC5=O)C6=O)CC4)cc3)nc2C(F)F)co1)NCC1CC1. The Hall–Kier alpha value is -6.98. The van der Waals surface area contributed by atoms with Crippen LogP contribution in [0, 0.1) is 5.92 Å². The van der Waals surface area contributed by atoms with E-state index in [0.717, 1.165) is 56.3 Å². The maximum absolute atomic E-state index is 14.1. The molecular weight excluding hydrogens is 935 g/mol. The van der Waals surface area contributed by atoms with Gasteiger partial charge >= 0.3 is 0 Å². The molecule has 20 nitrogen and oxygen atoms in total. The predicted octanol–water partition coefficient (Wildman–Crippen LogP) is 4.25. The molecule has 8 rings (SSSR count). The zero-order valence-corrected chi connectivity index (χ0v) is 40.2. The number of piperidine rings is 1. The van der Waals surface area contributed by atoms with E-state index < -0.39 is 47.7 Å². The third kappa shape index (κ3) is 13.1. The van der Waals surface area contributed by atoms with E-state index >= 15 is 0 Å². The number of fused-ring (bicyclic) bond motifs is 1. The number of benzene rings is 2. The van der Waals surface area contributed by atoms with Crippen LogP contribution in [0.4, 0.5) is 20.2 Å². The van der Waals surface area contributed by atoms with Crippen LogP contribution in [0.3, 0.4) is 0 Å². The van der Waals surface area contributed by atoms with Crippen molar-refractivity contribution in [3.05, 3.63) is 107 Å². The first-order chi connectivity index (χ1) is 35.0. The standard InChI is InChI=1S/C50H60F2N12O8/c1-3-34(27-41(53-2)56-29-33-7-8-33)48-58-39(31-72-48)46(66)57-38-30-63(60-44(38)45(51)52)35-11-9-32(10-12-35)28-54-15-23-70-25-21-61-17-19-62(20-18-61)22-26-71-24-16-55-37-6-4-5-36-43(37)50(69)64(49(36)68)40-13-14-42(65)59-47(40)67/h3-6,9-12,27,30-31,33,40,45,54-56H,2,7-8,13-26,28-29H2,1H3,(H,57,66)(H,59,65,67)/b34-3+,41-27+. The van der Waals surface area contributed by atoms with Crippen LogP contribution < -0.4 is 26.6 Å². The number of hydrogen-bond donors (Lipinski definition) is 5. The molecular formula is C50H60F2N12O8. The molecule has 22 heteroatoms. The van der Waals surface area contributed by atoms with E-state index in [2.05, 4.69) is 58.2 Å². The number of allylic oxidation sites excluding steroid dienone is 3. The number of piperazine rings is 1. The van der Waals surface area contributed by atoms with E-state index in [0.29, 0.717) is 74.7 Å². The van der Waals surface area contributed by atoms with Crippen LogP contribution in [0.15, 0.2) is 82.3 Å². The average Bonchev–Trinajstić information content (AvgIpc) is 3.79. The molecule has 0 spiro atoms. The van der Waals surface area contributed by atoms with Crippen molar-refractivity contribution in [3.8, 4) is 5.69 Å². The quantitative estimate of drug-likeness (QED) is 0.0256. The lowest BCUT2D eigenvalue weighted by atomic mass is 10.0. The number of nitrogens with zero attached hydrogens (tertiary/aromatic N) is 7. The number of aromatic nitrogens is 3. The minimum Gasteiger partial charge on any atom is -0.444 e. The number of ether oxygens (including phenoxy) is 2. The first kappa shape index (κ1) is 51.4. The molecule has 2 aromatic carbocycles. The number of oxazole rings is 1. The van der Waals surface area contributed by atoms with Gasteiger partial charge < -0.3 is 35.2 Å². The summed E-state index contributed by atoms with van der Waals surface area (Å²) < 4.78 is 46.8. The summed E-state index contributed by atoms with van der Waals surface area (Å²) in [6, 6.07) is 11.2.